The average molecular weight is 245 g/mol. The number of hydrogen-bond donors (Lipinski definition) is 1. The number of fused-ring (bicyclic) bond motifs is 1. The predicted molar refractivity (Wildman–Crippen MR) is 71.8 cm³/mol. The molecule has 2 aromatic heterocycles. The number of carbonyl (C=O) groups is 1. The smallest absolute Gasteiger partial charge is 0.272 e. The van der Waals surface area contributed by atoms with E-state index in [1.165, 1.54) is 0 Å². The zero-order chi connectivity index (χ0) is 13.3. The lowest BCUT2D eigenvalue weighted by Crippen LogP contribution is -2.40. The summed E-state index contributed by atoms with van der Waals surface area (Å²) in [6.45, 7) is 7.92. The maximum Gasteiger partial charge on any atom is 0.272 e. The van der Waals surface area contributed by atoms with Gasteiger partial charge in [-0.05, 0) is 32.9 Å². The highest BCUT2D eigenvalue weighted by atomic mass is 16.2. The molecule has 0 bridgehead atoms. The molecular weight excluding hydrogens is 226 g/mol. The van der Waals surface area contributed by atoms with Crippen LogP contribution in [0.15, 0.2) is 24.4 Å². The Morgan fingerprint density at radius 1 is 1.39 bits per heavy atom. The van der Waals surface area contributed by atoms with Gasteiger partial charge in [-0.15, -0.1) is 0 Å². The van der Waals surface area contributed by atoms with E-state index >= 15 is 0 Å². The van der Waals surface area contributed by atoms with Crippen LogP contribution >= 0.6 is 0 Å². The minimum atomic E-state index is -0.256. The lowest BCUT2D eigenvalue weighted by atomic mass is 10.1. The van der Waals surface area contributed by atoms with E-state index < -0.39 is 0 Å². The van der Waals surface area contributed by atoms with E-state index in [1.54, 1.807) is 0 Å². The molecule has 96 valence electrons. The maximum absolute atomic E-state index is 12.2. The first kappa shape index (κ1) is 12.6. The van der Waals surface area contributed by atoms with Gasteiger partial charge in [0.25, 0.3) is 5.91 Å². The fourth-order valence-corrected chi connectivity index (χ4v) is 1.92. The van der Waals surface area contributed by atoms with Crippen molar-refractivity contribution in [3.63, 3.8) is 0 Å². The molecule has 4 nitrogen and oxygen atoms in total. The van der Waals surface area contributed by atoms with Crippen LogP contribution in [0.5, 0.6) is 0 Å². The van der Waals surface area contributed by atoms with Crippen molar-refractivity contribution in [1.29, 1.82) is 0 Å². The molecule has 0 atom stereocenters. The second-order valence-corrected chi connectivity index (χ2v) is 5.39. The number of nitrogens with zero attached hydrogens (tertiary/aromatic N) is 2. The normalized spacial score (nSPS) is 11.8. The SMILES string of the molecule is CCc1nc(C(=O)NC(C)(C)C)c2ccccn12. The highest BCUT2D eigenvalue weighted by molar-refractivity contribution is 5.99. The van der Waals surface area contributed by atoms with E-state index in [0.717, 1.165) is 17.8 Å². The molecule has 2 aromatic rings. The van der Waals surface area contributed by atoms with Crippen molar-refractivity contribution >= 4 is 11.4 Å². The van der Waals surface area contributed by atoms with Crippen LogP contribution in [0.3, 0.4) is 0 Å². The van der Waals surface area contributed by atoms with Crippen molar-refractivity contribution in [2.75, 3.05) is 0 Å². The maximum atomic E-state index is 12.2. The summed E-state index contributed by atoms with van der Waals surface area (Å²) < 4.78 is 1.97. The van der Waals surface area contributed by atoms with Crippen LogP contribution in [0.25, 0.3) is 5.52 Å². The van der Waals surface area contributed by atoms with Gasteiger partial charge in [-0.25, -0.2) is 4.98 Å². The first-order valence-corrected chi connectivity index (χ1v) is 6.21. The number of carbonyl (C=O) groups excluding carboxylic acids is 1. The highest BCUT2D eigenvalue weighted by Crippen LogP contribution is 2.14. The molecule has 0 saturated heterocycles. The summed E-state index contributed by atoms with van der Waals surface area (Å²) in [5.74, 6) is 0.788. The molecule has 0 aliphatic heterocycles. The fourth-order valence-electron chi connectivity index (χ4n) is 1.92. The number of aryl methyl sites for hydroxylation is 1. The van der Waals surface area contributed by atoms with Crippen molar-refractivity contribution in [2.45, 2.75) is 39.7 Å². The van der Waals surface area contributed by atoms with Gasteiger partial charge in [-0.2, -0.15) is 0 Å². The van der Waals surface area contributed by atoms with E-state index in [0.29, 0.717) is 5.69 Å². The van der Waals surface area contributed by atoms with Crippen molar-refractivity contribution in [3.8, 4) is 0 Å². The lowest BCUT2D eigenvalue weighted by molar-refractivity contribution is 0.0916. The monoisotopic (exact) mass is 245 g/mol. The predicted octanol–water partition coefficient (Wildman–Crippen LogP) is 2.43. The van der Waals surface area contributed by atoms with Crippen molar-refractivity contribution < 1.29 is 4.79 Å². The Balaban J connectivity index is 2.48. The van der Waals surface area contributed by atoms with Gasteiger partial charge in [0, 0.05) is 18.2 Å². The Kier molecular flexibility index (Phi) is 3.11. The first-order chi connectivity index (χ1) is 8.42. The minimum Gasteiger partial charge on any atom is -0.346 e. The molecule has 0 aliphatic carbocycles. The van der Waals surface area contributed by atoms with Crippen LogP contribution in [-0.4, -0.2) is 20.8 Å². The van der Waals surface area contributed by atoms with Crippen LogP contribution in [0.1, 0.15) is 44.0 Å². The van der Waals surface area contributed by atoms with Gasteiger partial charge in [-0.3, -0.25) is 4.79 Å². The summed E-state index contributed by atoms with van der Waals surface area (Å²) in [4.78, 5) is 16.7. The average Bonchev–Trinajstić information content (AvgIpc) is 2.65. The Morgan fingerprint density at radius 3 is 2.72 bits per heavy atom. The third kappa shape index (κ3) is 2.37. The van der Waals surface area contributed by atoms with E-state index in [-0.39, 0.29) is 11.4 Å². The molecule has 0 saturated carbocycles. The Labute approximate surface area is 107 Å². The summed E-state index contributed by atoms with van der Waals surface area (Å²) in [5.41, 5.74) is 1.10. The van der Waals surface area contributed by atoms with Crippen molar-refractivity contribution in [3.05, 3.63) is 35.9 Å². The van der Waals surface area contributed by atoms with Crippen LogP contribution in [0.2, 0.25) is 0 Å². The molecule has 0 radical (unpaired) electrons. The van der Waals surface area contributed by atoms with Gasteiger partial charge in [0.2, 0.25) is 0 Å². The van der Waals surface area contributed by atoms with Crippen LogP contribution in [0, 0.1) is 0 Å². The topological polar surface area (TPSA) is 46.4 Å². The quantitative estimate of drug-likeness (QED) is 0.883. The molecule has 0 fully saturated rings. The zero-order valence-electron chi connectivity index (χ0n) is 11.3. The third-order valence-electron chi connectivity index (χ3n) is 2.64. The fraction of sp³-hybridized carbons (Fsp3) is 0.429. The number of nitrogens with one attached hydrogen (secondary N) is 1. The highest BCUT2D eigenvalue weighted by Gasteiger charge is 2.20. The van der Waals surface area contributed by atoms with E-state index in [4.69, 9.17) is 0 Å². The number of imidazole rings is 1. The van der Waals surface area contributed by atoms with E-state index in [9.17, 15) is 4.79 Å². The van der Waals surface area contributed by atoms with Crippen molar-refractivity contribution in [2.24, 2.45) is 0 Å². The van der Waals surface area contributed by atoms with Gasteiger partial charge >= 0.3 is 0 Å². The molecule has 18 heavy (non-hydrogen) atoms. The Hall–Kier alpha value is -1.84. The number of amides is 1. The summed E-state index contributed by atoms with van der Waals surface area (Å²) in [6, 6.07) is 5.79. The Bertz CT molecular complexity index is 578. The van der Waals surface area contributed by atoms with Crippen LogP contribution < -0.4 is 5.32 Å². The minimum absolute atomic E-state index is 0.120. The molecule has 2 heterocycles. The summed E-state index contributed by atoms with van der Waals surface area (Å²) in [5, 5.41) is 2.95. The number of pyridine rings is 1. The van der Waals surface area contributed by atoms with Crippen molar-refractivity contribution in [1.82, 2.24) is 14.7 Å². The molecule has 2 rings (SSSR count). The van der Waals surface area contributed by atoms with Crippen LogP contribution in [0.4, 0.5) is 0 Å². The van der Waals surface area contributed by atoms with Gasteiger partial charge in [-0.1, -0.05) is 13.0 Å². The van der Waals surface area contributed by atoms with E-state index in [1.807, 2.05) is 56.5 Å². The largest absolute Gasteiger partial charge is 0.346 e. The first-order valence-electron chi connectivity index (χ1n) is 6.21. The number of hydrogen-bond acceptors (Lipinski definition) is 2. The molecule has 0 aliphatic rings. The zero-order valence-corrected chi connectivity index (χ0v) is 11.3. The summed E-state index contributed by atoms with van der Waals surface area (Å²) in [7, 11) is 0. The second-order valence-electron chi connectivity index (χ2n) is 5.39. The lowest BCUT2D eigenvalue weighted by Gasteiger charge is -2.19. The summed E-state index contributed by atoms with van der Waals surface area (Å²) in [6.07, 6.45) is 2.74. The molecule has 0 aromatic carbocycles. The molecular formula is C14H19N3O. The Morgan fingerprint density at radius 2 is 2.11 bits per heavy atom. The molecule has 1 amide bonds. The van der Waals surface area contributed by atoms with E-state index in [2.05, 4.69) is 10.3 Å². The molecule has 4 heteroatoms. The molecule has 1 N–H and O–H groups in total. The summed E-state index contributed by atoms with van der Waals surface area (Å²) >= 11 is 0. The third-order valence-corrected chi connectivity index (χ3v) is 2.64. The van der Waals surface area contributed by atoms with Gasteiger partial charge in [0.05, 0.1) is 5.52 Å². The van der Waals surface area contributed by atoms with Crippen LogP contribution in [-0.2, 0) is 6.42 Å². The number of aromatic nitrogens is 2. The van der Waals surface area contributed by atoms with Gasteiger partial charge in [0.1, 0.15) is 5.82 Å². The number of rotatable bonds is 2. The van der Waals surface area contributed by atoms with Gasteiger partial charge < -0.3 is 9.72 Å². The second kappa shape index (κ2) is 4.44. The standard InChI is InChI=1S/C14H19N3O/c1-5-11-15-12(13(18)16-14(2,3)4)10-8-6-7-9-17(10)11/h6-9H,5H2,1-4H3,(H,16,18). The van der Waals surface area contributed by atoms with Gasteiger partial charge in [0.15, 0.2) is 5.69 Å². The molecule has 0 spiro atoms. The molecule has 0 unspecified atom stereocenters.